The summed E-state index contributed by atoms with van der Waals surface area (Å²) in [6.07, 6.45) is 5.47. The fraction of sp³-hybridized carbons (Fsp3) is 0.474. The topological polar surface area (TPSA) is 87.3 Å². The number of hydrogen-bond acceptors (Lipinski definition) is 4. The van der Waals surface area contributed by atoms with E-state index in [2.05, 4.69) is 9.38 Å². The lowest BCUT2D eigenvalue weighted by molar-refractivity contribution is -0.123. The van der Waals surface area contributed by atoms with Crippen molar-refractivity contribution in [2.24, 2.45) is 4.40 Å². The van der Waals surface area contributed by atoms with Crippen molar-refractivity contribution < 1.29 is 13.8 Å². The number of fused-ring (bicyclic) bond motifs is 1. The summed E-state index contributed by atoms with van der Waals surface area (Å²) >= 11 is 0. The first kappa shape index (κ1) is 18.8. The molecular formula is C19H23N5O3S. The van der Waals surface area contributed by atoms with Gasteiger partial charge in [-0.05, 0) is 57.2 Å². The normalized spacial score (nSPS) is 19.4. The number of hydrogen-bond donors (Lipinski definition) is 0. The van der Waals surface area contributed by atoms with Crippen molar-refractivity contribution in [2.45, 2.75) is 44.3 Å². The first-order chi connectivity index (χ1) is 13.1. The van der Waals surface area contributed by atoms with E-state index < -0.39 is 15.7 Å². The monoisotopic (exact) mass is 401 g/mol. The molecule has 3 heterocycles. The Morgan fingerprint density at radius 3 is 2.54 bits per heavy atom. The molecule has 148 valence electrons. The van der Waals surface area contributed by atoms with E-state index in [9.17, 15) is 13.8 Å². The van der Waals surface area contributed by atoms with Gasteiger partial charge in [-0.2, -0.15) is 4.40 Å². The number of rotatable bonds is 4. The predicted molar refractivity (Wildman–Crippen MR) is 108 cm³/mol. The summed E-state index contributed by atoms with van der Waals surface area (Å²) in [7, 11) is 0.107. The van der Waals surface area contributed by atoms with Gasteiger partial charge in [-0.1, -0.05) is 0 Å². The van der Waals surface area contributed by atoms with E-state index in [1.807, 2.05) is 32.9 Å². The molecule has 1 saturated heterocycles. The molecule has 1 atom stereocenters. The Morgan fingerprint density at radius 1 is 1.25 bits per heavy atom. The summed E-state index contributed by atoms with van der Waals surface area (Å²) in [5, 5.41) is 0. The number of carbonyl (C=O) groups is 2. The van der Waals surface area contributed by atoms with Crippen LogP contribution in [-0.4, -0.2) is 55.0 Å². The van der Waals surface area contributed by atoms with Crippen molar-refractivity contribution in [2.75, 3.05) is 18.5 Å². The molecule has 2 aromatic rings. The van der Waals surface area contributed by atoms with Gasteiger partial charge in [-0.25, -0.2) is 14.0 Å². The number of urea groups is 1. The Kier molecular flexibility index (Phi) is 4.37. The van der Waals surface area contributed by atoms with Crippen LogP contribution in [-0.2, 0) is 15.8 Å². The molecule has 0 aromatic carbocycles. The summed E-state index contributed by atoms with van der Waals surface area (Å²) < 4.78 is 17.6. The summed E-state index contributed by atoms with van der Waals surface area (Å²) in [6.45, 7) is 5.58. The lowest BCUT2D eigenvalue weighted by atomic mass is 10.1. The number of imide groups is 1. The van der Waals surface area contributed by atoms with E-state index in [0.29, 0.717) is 23.1 Å². The number of nitrogens with zero attached hydrogens (tertiary/aromatic N) is 5. The standard InChI is InChI=1S/C19H23N5O3S/c1-19(2,3)28(27)20-9-14-10-23-15(21-14)7-13(12-5-6-12)8-16(23)24-11-17(25)22(4)18(24)26/h7-10,12H,5-6,11H2,1-4H3. The minimum atomic E-state index is -1.38. The Hall–Kier alpha value is -2.55. The molecule has 1 saturated carbocycles. The molecule has 0 bridgehead atoms. The number of anilines is 1. The molecular weight excluding hydrogens is 378 g/mol. The summed E-state index contributed by atoms with van der Waals surface area (Å²) in [5.74, 6) is 0.848. The largest absolute Gasteiger partial charge is 0.332 e. The highest BCUT2D eigenvalue weighted by molar-refractivity contribution is 7.85. The van der Waals surface area contributed by atoms with Crippen LogP contribution < -0.4 is 4.90 Å². The molecule has 1 unspecified atom stereocenters. The molecule has 0 radical (unpaired) electrons. The van der Waals surface area contributed by atoms with Crippen LogP contribution in [0.2, 0.25) is 0 Å². The maximum absolute atomic E-state index is 12.5. The second-order valence-corrected chi connectivity index (χ2v) is 10.2. The number of imidazole rings is 1. The van der Waals surface area contributed by atoms with Crippen molar-refractivity contribution >= 4 is 40.6 Å². The maximum atomic E-state index is 12.5. The Balaban J connectivity index is 1.77. The number of amides is 3. The molecule has 4 rings (SSSR count). The number of likely N-dealkylation sites (N-methyl/N-ethyl adjacent to an activating group) is 1. The van der Waals surface area contributed by atoms with E-state index in [1.54, 1.807) is 10.6 Å². The Bertz CT molecular complexity index is 1030. The van der Waals surface area contributed by atoms with Crippen molar-refractivity contribution in [3.8, 4) is 0 Å². The van der Waals surface area contributed by atoms with Gasteiger partial charge in [0.25, 0.3) is 5.91 Å². The van der Waals surface area contributed by atoms with Crippen LogP contribution in [0.4, 0.5) is 10.6 Å². The molecule has 28 heavy (non-hydrogen) atoms. The summed E-state index contributed by atoms with van der Waals surface area (Å²) in [4.78, 5) is 31.7. The molecule has 3 amide bonds. The second-order valence-electron chi connectivity index (χ2n) is 8.23. The number of pyridine rings is 1. The number of aromatic nitrogens is 2. The highest BCUT2D eigenvalue weighted by Crippen LogP contribution is 2.42. The van der Waals surface area contributed by atoms with E-state index in [-0.39, 0.29) is 18.5 Å². The van der Waals surface area contributed by atoms with Crippen LogP contribution in [0.15, 0.2) is 22.7 Å². The second kappa shape index (κ2) is 6.51. The van der Waals surface area contributed by atoms with E-state index >= 15 is 0 Å². The van der Waals surface area contributed by atoms with Crippen molar-refractivity contribution in [3.63, 3.8) is 0 Å². The van der Waals surface area contributed by atoms with Crippen molar-refractivity contribution in [3.05, 3.63) is 29.6 Å². The van der Waals surface area contributed by atoms with Crippen molar-refractivity contribution in [1.82, 2.24) is 14.3 Å². The van der Waals surface area contributed by atoms with E-state index in [4.69, 9.17) is 0 Å². The Labute approximate surface area is 165 Å². The van der Waals surface area contributed by atoms with E-state index in [1.165, 1.54) is 18.2 Å². The molecule has 2 fully saturated rings. The van der Waals surface area contributed by atoms with Gasteiger partial charge in [0.05, 0.1) is 11.0 Å². The third kappa shape index (κ3) is 3.34. The molecule has 8 nitrogen and oxygen atoms in total. The SMILES string of the molecule is CN1C(=O)CN(c2cc(C3CC3)cc3nc(C=NS(=O)C(C)(C)C)cn23)C1=O. The van der Waals surface area contributed by atoms with Gasteiger partial charge in [0.15, 0.2) is 0 Å². The van der Waals surface area contributed by atoms with Crippen LogP contribution in [0.5, 0.6) is 0 Å². The maximum Gasteiger partial charge on any atom is 0.332 e. The van der Waals surface area contributed by atoms with Crippen LogP contribution >= 0.6 is 0 Å². The molecule has 9 heteroatoms. The molecule has 0 spiro atoms. The van der Waals surface area contributed by atoms with Crippen LogP contribution in [0.25, 0.3) is 5.65 Å². The zero-order valence-electron chi connectivity index (χ0n) is 16.4. The molecule has 1 aliphatic carbocycles. The molecule has 2 aliphatic rings. The fourth-order valence-electron chi connectivity index (χ4n) is 3.07. The third-order valence-electron chi connectivity index (χ3n) is 4.91. The summed E-state index contributed by atoms with van der Waals surface area (Å²) in [6, 6.07) is 3.62. The van der Waals surface area contributed by atoms with Gasteiger partial charge < -0.3 is 0 Å². The quantitative estimate of drug-likeness (QED) is 0.582. The number of carbonyl (C=O) groups excluding carboxylic acids is 2. The van der Waals surface area contributed by atoms with Gasteiger partial charge in [0.2, 0.25) is 0 Å². The molecule has 0 N–H and O–H groups in total. The average molecular weight is 401 g/mol. The fourth-order valence-corrected chi connectivity index (χ4v) is 3.59. The lowest BCUT2D eigenvalue weighted by Crippen LogP contribution is -2.31. The minimum absolute atomic E-state index is 0.00813. The van der Waals surface area contributed by atoms with E-state index in [0.717, 1.165) is 23.3 Å². The zero-order valence-corrected chi connectivity index (χ0v) is 17.2. The predicted octanol–water partition coefficient (Wildman–Crippen LogP) is 2.49. The molecule has 2 aromatic heterocycles. The van der Waals surface area contributed by atoms with Crippen LogP contribution in [0, 0.1) is 0 Å². The molecule has 1 aliphatic heterocycles. The lowest BCUT2D eigenvalue weighted by Gasteiger charge is -2.17. The van der Waals surface area contributed by atoms with Gasteiger partial charge in [-0.3, -0.25) is 19.0 Å². The van der Waals surface area contributed by atoms with Gasteiger partial charge in [0.1, 0.15) is 34.7 Å². The van der Waals surface area contributed by atoms with Crippen LogP contribution in [0.3, 0.4) is 0 Å². The van der Waals surface area contributed by atoms with Gasteiger partial charge in [0, 0.05) is 13.2 Å². The highest BCUT2D eigenvalue weighted by Gasteiger charge is 2.36. The smallest absolute Gasteiger partial charge is 0.285 e. The van der Waals surface area contributed by atoms with Crippen LogP contribution in [0.1, 0.15) is 50.8 Å². The van der Waals surface area contributed by atoms with Crippen molar-refractivity contribution in [1.29, 1.82) is 0 Å². The summed E-state index contributed by atoms with van der Waals surface area (Å²) in [5.41, 5.74) is 2.35. The first-order valence-corrected chi connectivity index (χ1v) is 10.3. The minimum Gasteiger partial charge on any atom is -0.285 e. The zero-order chi connectivity index (χ0) is 20.2. The average Bonchev–Trinajstić information content (AvgIpc) is 3.35. The highest BCUT2D eigenvalue weighted by atomic mass is 32.2. The first-order valence-electron chi connectivity index (χ1n) is 9.22. The third-order valence-corrected chi connectivity index (χ3v) is 6.25. The Morgan fingerprint density at radius 2 is 1.96 bits per heavy atom. The van der Waals surface area contributed by atoms with Gasteiger partial charge in [-0.15, -0.1) is 0 Å². The van der Waals surface area contributed by atoms with Gasteiger partial charge >= 0.3 is 6.03 Å².